The van der Waals surface area contributed by atoms with Crippen molar-refractivity contribution in [3.8, 4) is 21.7 Å². The number of aromatic nitrogens is 2. The van der Waals surface area contributed by atoms with Gasteiger partial charge in [-0.05, 0) is 61.8 Å². The number of fused-ring (bicyclic) bond motifs is 1. The fraction of sp³-hybridized carbons (Fsp3) is 0.211. The zero-order valence-electron chi connectivity index (χ0n) is 26.9. The van der Waals surface area contributed by atoms with Gasteiger partial charge >= 0.3 is 0 Å². The van der Waals surface area contributed by atoms with E-state index in [1.165, 1.54) is 11.3 Å². The highest BCUT2D eigenvalue weighted by molar-refractivity contribution is 7.85. The molecule has 3 aromatic carbocycles. The summed E-state index contributed by atoms with van der Waals surface area (Å²) in [7, 11) is -4.30. The highest BCUT2D eigenvalue weighted by atomic mass is 32.2. The van der Waals surface area contributed by atoms with Crippen molar-refractivity contribution in [1.82, 2.24) is 4.57 Å². The zero-order valence-corrected chi connectivity index (χ0v) is 29.4. The molecule has 0 fully saturated rings. The van der Waals surface area contributed by atoms with Crippen molar-refractivity contribution < 1.29 is 17.5 Å². The predicted molar refractivity (Wildman–Crippen MR) is 197 cm³/mol. The first kappa shape index (κ1) is 33.5. The van der Waals surface area contributed by atoms with Crippen LogP contribution in [-0.2, 0) is 23.2 Å². The van der Waals surface area contributed by atoms with Gasteiger partial charge in [-0.15, -0.1) is 11.3 Å². The van der Waals surface area contributed by atoms with Gasteiger partial charge in [-0.25, -0.2) is 8.42 Å². The van der Waals surface area contributed by atoms with Crippen molar-refractivity contribution in [2.45, 2.75) is 39.8 Å². The van der Waals surface area contributed by atoms with Gasteiger partial charge in [0.1, 0.15) is 9.54 Å². The average Bonchev–Trinajstić information content (AvgIpc) is 3.61. The Kier molecular flexibility index (Phi) is 10.4. The van der Waals surface area contributed by atoms with Crippen molar-refractivity contribution in [3.63, 3.8) is 0 Å². The Bertz CT molecular complexity index is 2270. The number of nitrogens with zero attached hydrogens (tertiary/aromatic N) is 3. The lowest BCUT2D eigenvalue weighted by molar-refractivity contribution is -0.683. The molecule has 0 atom stereocenters. The third kappa shape index (κ3) is 7.37. The Hall–Kier alpha value is -4.35. The van der Waals surface area contributed by atoms with Crippen LogP contribution in [-0.4, -0.2) is 29.8 Å². The molecule has 48 heavy (non-hydrogen) atoms. The van der Waals surface area contributed by atoms with E-state index >= 15 is 0 Å². The second-order valence-corrected chi connectivity index (χ2v) is 15.0. The van der Waals surface area contributed by atoms with Crippen LogP contribution in [0.3, 0.4) is 0 Å². The van der Waals surface area contributed by atoms with E-state index in [-0.39, 0.29) is 12.0 Å². The maximum atomic E-state index is 13.7. The molecule has 0 unspecified atom stereocenters. The van der Waals surface area contributed by atoms with Crippen LogP contribution < -0.4 is 24.2 Å². The first-order valence-corrected chi connectivity index (χ1v) is 19.3. The molecule has 5 aromatic rings. The molecule has 1 aliphatic rings. The summed E-state index contributed by atoms with van der Waals surface area (Å²) in [6, 6.07) is 28.6. The number of anilines is 1. The topological polar surface area (TPSA) is 86.3 Å². The summed E-state index contributed by atoms with van der Waals surface area (Å²) >= 11 is 3.10. The van der Waals surface area contributed by atoms with E-state index in [0.717, 1.165) is 54.7 Å². The fourth-order valence-electron chi connectivity index (χ4n) is 5.94. The van der Waals surface area contributed by atoms with E-state index in [1.807, 2.05) is 67.6 Å². The predicted octanol–water partition coefficient (Wildman–Crippen LogP) is 5.98. The monoisotopic (exact) mass is 695 g/mol. The van der Waals surface area contributed by atoms with Gasteiger partial charge in [0.15, 0.2) is 6.54 Å². The first-order valence-electron chi connectivity index (χ1n) is 16.1. The molecular formula is C38H37N3O4S3. The number of hydrogen-bond donors (Lipinski definition) is 0. The third-order valence-electron chi connectivity index (χ3n) is 8.28. The van der Waals surface area contributed by atoms with Gasteiger partial charge in [0.05, 0.1) is 20.7 Å². The van der Waals surface area contributed by atoms with Gasteiger partial charge in [0.2, 0.25) is 5.69 Å². The third-order valence-corrected chi connectivity index (χ3v) is 11.3. The van der Waals surface area contributed by atoms with Crippen molar-refractivity contribution >= 4 is 56.2 Å². The molecule has 1 aliphatic heterocycles. The fourth-order valence-corrected chi connectivity index (χ4v) is 8.88. The molecule has 0 radical (unpaired) electrons. The Morgan fingerprint density at radius 1 is 0.833 bits per heavy atom. The highest BCUT2D eigenvalue weighted by Gasteiger charge is 2.28. The lowest BCUT2D eigenvalue weighted by Crippen LogP contribution is -2.38. The molecule has 0 amide bonds. The van der Waals surface area contributed by atoms with Crippen molar-refractivity contribution in [2.24, 2.45) is 0 Å². The number of benzene rings is 3. The van der Waals surface area contributed by atoms with Gasteiger partial charge in [0, 0.05) is 48.3 Å². The van der Waals surface area contributed by atoms with Crippen LogP contribution in [0.2, 0.25) is 0 Å². The molecule has 0 saturated heterocycles. The molecule has 2 aromatic heterocycles. The van der Waals surface area contributed by atoms with Crippen LogP contribution in [0.15, 0.2) is 108 Å². The lowest BCUT2D eigenvalue weighted by Gasteiger charge is -2.26. The Morgan fingerprint density at radius 2 is 1.52 bits per heavy atom. The van der Waals surface area contributed by atoms with Gasteiger partial charge < -0.3 is 9.45 Å². The molecular weight excluding hydrogens is 659 g/mol. The largest absolute Gasteiger partial charge is 0.748 e. The minimum atomic E-state index is -4.30. The van der Waals surface area contributed by atoms with Crippen LogP contribution in [0, 0.1) is 0 Å². The second kappa shape index (κ2) is 14.8. The SMILES string of the molecule is CCN1C=C/C(=C/C=c2/s/c(=C\c3sc(-c4ccccc4)c(-c4ccccc4)[n+]3CCCCS(=O)(=O)[O-])n(CC)c2=O)c2ccccc21. The number of allylic oxidation sites excluding steroid dienone is 3. The van der Waals surface area contributed by atoms with E-state index in [4.69, 9.17) is 0 Å². The summed E-state index contributed by atoms with van der Waals surface area (Å²) in [6.07, 6.45) is 11.0. The van der Waals surface area contributed by atoms with Crippen molar-refractivity contribution in [3.05, 3.63) is 133 Å². The maximum absolute atomic E-state index is 13.7. The Morgan fingerprint density at radius 3 is 2.21 bits per heavy atom. The lowest BCUT2D eigenvalue weighted by atomic mass is 9.99. The van der Waals surface area contributed by atoms with Crippen molar-refractivity contribution in [2.75, 3.05) is 17.2 Å². The summed E-state index contributed by atoms with van der Waals surface area (Å²) in [5, 5.41) is 0.940. The molecule has 10 heteroatoms. The number of thiazole rings is 2. The number of para-hydroxylation sites is 1. The second-order valence-electron chi connectivity index (χ2n) is 11.4. The quantitative estimate of drug-likeness (QED) is 0.0964. The number of rotatable bonds is 11. The zero-order chi connectivity index (χ0) is 33.7. The summed E-state index contributed by atoms with van der Waals surface area (Å²) in [4.78, 5) is 17.0. The van der Waals surface area contributed by atoms with Crippen LogP contribution in [0.25, 0.3) is 39.4 Å². The van der Waals surface area contributed by atoms with Crippen LogP contribution in [0.5, 0.6) is 0 Å². The maximum Gasteiger partial charge on any atom is 0.269 e. The van der Waals surface area contributed by atoms with E-state index in [1.54, 1.807) is 15.9 Å². The van der Waals surface area contributed by atoms with E-state index in [0.29, 0.717) is 24.0 Å². The molecule has 7 nitrogen and oxygen atoms in total. The highest BCUT2D eigenvalue weighted by Crippen LogP contribution is 2.36. The summed E-state index contributed by atoms with van der Waals surface area (Å²) in [6.45, 7) is 6.00. The van der Waals surface area contributed by atoms with Gasteiger partial charge in [-0.1, -0.05) is 84.1 Å². The molecule has 246 valence electrons. The van der Waals surface area contributed by atoms with Crippen molar-refractivity contribution in [1.29, 1.82) is 0 Å². The van der Waals surface area contributed by atoms with E-state index in [2.05, 4.69) is 71.1 Å². The molecule has 3 heterocycles. The molecule has 0 aliphatic carbocycles. The van der Waals surface area contributed by atoms with Crippen LogP contribution in [0.4, 0.5) is 5.69 Å². The van der Waals surface area contributed by atoms with Gasteiger partial charge in [-0.2, -0.15) is 4.57 Å². The minimum Gasteiger partial charge on any atom is -0.748 e. The molecule has 0 saturated carbocycles. The minimum absolute atomic E-state index is 0.0378. The number of hydrogen-bond acceptors (Lipinski definition) is 7. The van der Waals surface area contributed by atoms with Crippen LogP contribution in [0.1, 0.15) is 37.3 Å². The summed E-state index contributed by atoms with van der Waals surface area (Å²) < 4.78 is 39.6. The normalized spacial score (nSPS) is 14.6. The molecule has 6 rings (SSSR count). The van der Waals surface area contributed by atoms with Crippen LogP contribution >= 0.6 is 22.7 Å². The van der Waals surface area contributed by atoms with E-state index < -0.39 is 15.9 Å². The Labute approximate surface area is 289 Å². The average molecular weight is 696 g/mol. The Balaban J connectivity index is 1.50. The first-order chi connectivity index (χ1) is 23.3. The summed E-state index contributed by atoms with van der Waals surface area (Å²) in [5.74, 6) is -0.395. The van der Waals surface area contributed by atoms with Gasteiger partial charge in [0.25, 0.3) is 10.6 Å². The summed E-state index contributed by atoms with van der Waals surface area (Å²) in [5.41, 5.74) is 6.41. The van der Waals surface area contributed by atoms with Gasteiger partial charge in [-0.3, -0.25) is 9.36 Å². The molecule has 0 spiro atoms. The smallest absolute Gasteiger partial charge is 0.269 e. The number of unbranched alkanes of at least 4 members (excludes halogenated alkanes) is 1. The van der Waals surface area contributed by atoms with E-state index in [9.17, 15) is 17.8 Å². The standard InChI is InChI=1S/C38H37N3O4S3/c1-3-39-25-23-28(31-19-11-12-20-32(31)39)21-22-33-38(42)40(4-2)34(46-33)27-35-41(24-13-14-26-48(43,44)45)36(29-15-7-5-8-16-29)37(47-35)30-17-9-6-10-18-30/h5-12,15-23,25,27H,3-4,13-14,24,26H2,1-2H3/b28-21-,33-22+. The molecule has 0 bridgehead atoms. The molecule has 0 N–H and O–H groups in total.